The first-order valence-corrected chi connectivity index (χ1v) is 6.95. The van der Waals surface area contributed by atoms with E-state index in [4.69, 9.17) is 4.74 Å². The Labute approximate surface area is 120 Å². The first kappa shape index (κ1) is 14.7. The van der Waals surface area contributed by atoms with Crippen molar-refractivity contribution < 1.29 is 9.53 Å². The number of likely N-dealkylation sites (tertiary alicyclic amines) is 1. The summed E-state index contributed by atoms with van der Waals surface area (Å²) < 4.78 is 5.41. The van der Waals surface area contributed by atoms with E-state index in [1.807, 2.05) is 43.3 Å². The first-order valence-electron chi connectivity index (χ1n) is 6.95. The average molecular weight is 277 g/mol. The minimum Gasteiger partial charge on any atom is -0.496 e. The van der Waals surface area contributed by atoms with Crippen LogP contribution in [0, 0.1) is 0 Å². The second-order valence-corrected chi connectivity index (χ2v) is 5.25. The van der Waals surface area contributed by atoms with Crippen molar-refractivity contribution in [3.05, 3.63) is 29.8 Å². The van der Waals surface area contributed by atoms with E-state index >= 15 is 0 Å². The number of carbonyl (C=O) groups is 1. The zero-order chi connectivity index (χ0) is 14.5. The molecule has 0 saturated carbocycles. The summed E-state index contributed by atoms with van der Waals surface area (Å²) in [6.07, 6.45) is 1.11. The Bertz CT molecular complexity index is 458. The highest BCUT2D eigenvalue weighted by atomic mass is 16.5. The van der Waals surface area contributed by atoms with E-state index in [2.05, 4.69) is 10.2 Å². The Morgan fingerprint density at radius 2 is 2.10 bits per heavy atom. The molecule has 1 atom stereocenters. The molecule has 0 bridgehead atoms. The number of carbonyl (C=O) groups excluding carboxylic acids is 1. The number of nitrogens with one attached hydrogen (secondary N) is 1. The molecule has 20 heavy (non-hydrogen) atoms. The molecule has 110 valence electrons. The molecule has 1 aromatic carbocycles. The summed E-state index contributed by atoms with van der Waals surface area (Å²) >= 11 is 0. The monoisotopic (exact) mass is 277 g/mol. The fraction of sp³-hybridized carbons (Fsp3) is 0.533. The molecular weight excluding hydrogens is 254 g/mol. The molecule has 2 rings (SSSR count). The number of ether oxygens (including phenoxy) is 1. The van der Waals surface area contributed by atoms with Crippen LogP contribution in [0.15, 0.2) is 24.3 Å². The Hall–Kier alpha value is -1.75. The van der Waals surface area contributed by atoms with Gasteiger partial charge in [0, 0.05) is 25.2 Å². The Morgan fingerprint density at radius 1 is 1.40 bits per heavy atom. The number of nitrogens with zero attached hydrogens (tertiary/aromatic N) is 2. The van der Waals surface area contributed by atoms with Gasteiger partial charge in [-0.1, -0.05) is 18.2 Å². The molecule has 5 heteroatoms. The first-order chi connectivity index (χ1) is 9.63. The molecule has 1 fully saturated rings. The van der Waals surface area contributed by atoms with Crippen molar-refractivity contribution in [3.63, 3.8) is 0 Å². The topological polar surface area (TPSA) is 44.8 Å². The average Bonchev–Trinajstić information content (AvgIpc) is 2.37. The molecule has 1 aliphatic heterocycles. The standard InChI is InChI=1S/C15H23N3O2/c1-17(2)13(11-16-15(19)18-9-6-10-18)12-7-4-5-8-14(12)20-3/h4-5,7-8,13H,6,9-11H2,1-3H3,(H,16,19). The fourth-order valence-corrected chi connectivity index (χ4v) is 2.33. The normalized spacial score (nSPS) is 15.7. The van der Waals surface area contributed by atoms with Crippen LogP contribution in [-0.2, 0) is 0 Å². The fourth-order valence-electron chi connectivity index (χ4n) is 2.33. The van der Waals surface area contributed by atoms with E-state index in [9.17, 15) is 4.79 Å². The molecule has 0 spiro atoms. The summed E-state index contributed by atoms with van der Waals surface area (Å²) in [7, 11) is 5.68. The lowest BCUT2D eigenvalue weighted by molar-refractivity contribution is 0.163. The molecule has 0 aromatic heterocycles. The molecular formula is C15H23N3O2. The zero-order valence-corrected chi connectivity index (χ0v) is 12.4. The highest BCUT2D eigenvalue weighted by Crippen LogP contribution is 2.27. The van der Waals surface area contributed by atoms with Gasteiger partial charge in [0.05, 0.1) is 13.2 Å². The lowest BCUT2D eigenvalue weighted by Crippen LogP contribution is -2.49. The van der Waals surface area contributed by atoms with Gasteiger partial charge in [-0.2, -0.15) is 0 Å². The largest absolute Gasteiger partial charge is 0.496 e. The quantitative estimate of drug-likeness (QED) is 0.891. The van der Waals surface area contributed by atoms with E-state index in [1.54, 1.807) is 7.11 Å². The van der Waals surface area contributed by atoms with E-state index in [0.29, 0.717) is 6.54 Å². The summed E-state index contributed by atoms with van der Waals surface area (Å²) in [6.45, 7) is 2.31. The SMILES string of the molecule is COc1ccccc1C(CNC(=O)N1CCC1)N(C)C. The molecule has 1 N–H and O–H groups in total. The summed E-state index contributed by atoms with van der Waals surface area (Å²) in [4.78, 5) is 15.8. The predicted octanol–water partition coefficient (Wildman–Crippen LogP) is 1.71. The second-order valence-electron chi connectivity index (χ2n) is 5.25. The maximum atomic E-state index is 11.9. The van der Waals surface area contributed by atoms with Gasteiger partial charge in [0.15, 0.2) is 0 Å². The van der Waals surface area contributed by atoms with Crippen molar-refractivity contribution in [2.24, 2.45) is 0 Å². The molecule has 5 nitrogen and oxygen atoms in total. The highest BCUT2D eigenvalue weighted by molar-refractivity contribution is 5.74. The number of hydrogen-bond donors (Lipinski definition) is 1. The number of methoxy groups -OCH3 is 1. The van der Waals surface area contributed by atoms with Gasteiger partial charge in [0.2, 0.25) is 0 Å². The number of benzene rings is 1. The number of likely N-dealkylation sites (N-methyl/N-ethyl adjacent to an activating group) is 1. The lowest BCUT2D eigenvalue weighted by atomic mass is 10.0. The maximum Gasteiger partial charge on any atom is 0.317 e. The van der Waals surface area contributed by atoms with Crippen LogP contribution in [0.3, 0.4) is 0 Å². The van der Waals surface area contributed by atoms with Crippen molar-refractivity contribution in [3.8, 4) is 5.75 Å². The van der Waals surface area contributed by atoms with Crippen LogP contribution in [0.2, 0.25) is 0 Å². The van der Waals surface area contributed by atoms with E-state index in [-0.39, 0.29) is 12.1 Å². The van der Waals surface area contributed by atoms with Gasteiger partial charge >= 0.3 is 6.03 Å². The minimum absolute atomic E-state index is 0.0259. The van der Waals surface area contributed by atoms with Gasteiger partial charge in [-0.3, -0.25) is 0 Å². The highest BCUT2D eigenvalue weighted by Gasteiger charge is 2.23. The Morgan fingerprint density at radius 3 is 2.65 bits per heavy atom. The van der Waals surface area contributed by atoms with Crippen molar-refractivity contribution in [2.45, 2.75) is 12.5 Å². The van der Waals surface area contributed by atoms with Gasteiger partial charge in [-0.25, -0.2) is 4.79 Å². The molecule has 1 unspecified atom stereocenters. The van der Waals surface area contributed by atoms with Crippen molar-refractivity contribution in [1.29, 1.82) is 0 Å². The second kappa shape index (κ2) is 6.61. The van der Waals surface area contributed by atoms with E-state index < -0.39 is 0 Å². The summed E-state index contributed by atoms with van der Waals surface area (Å²) in [5, 5.41) is 3.01. The van der Waals surface area contributed by atoms with Gasteiger partial charge in [-0.05, 0) is 26.6 Å². The lowest BCUT2D eigenvalue weighted by Gasteiger charge is -2.32. The third-order valence-corrected chi connectivity index (χ3v) is 3.71. The molecule has 1 saturated heterocycles. The smallest absolute Gasteiger partial charge is 0.317 e. The summed E-state index contributed by atoms with van der Waals surface area (Å²) in [6, 6.07) is 8.05. The van der Waals surface area contributed by atoms with Crippen LogP contribution < -0.4 is 10.1 Å². The van der Waals surface area contributed by atoms with Crippen molar-refractivity contribution >= 4 is 6.03 Å². The molecule has 0 radical (unpaired) electrons. The van der Waals surface area contributed by atoms with Gasteiger partial charge in [-0.15, -0.1) is 0 Å². The Kier molecular flexibility index (Phi) is 4.84. The van der Waals surface area contributed by atoms with Crippen LogP contribution in [0.1, 0.15) is 18.0 Å². The third kappa shape index (κ3) is 3.22. The van der Waals surface area contributed by atoms with Crippen LogP contribution in [0.25, 0.3) is 0 Å². The number of rotatable bonds is 5. The molecule has 1 aliphatic rings. The number of para-hydroxylation sites is 1. The number of hydrogen-bond acceptors (Lipinski definition) is 3. The van der Waals surface area contributed by atoms with E-state index in [0.717, 1.165) is 30.8 Å². The summed E-state index contributed by atoms with van der Waals surface area (Å²) in [5.41, 5.74) is 1.09. The number of amides is 2. The van der Waals surface area contributed by atoms with Crippen LogP contribution in [0.5, 0.6) is 5.75 Å². The van der Waals surface area contributed by atoms with Crippen LogP contribution in [-0.4, -0.2) is 56.7 Å². The Balaban J connectivity index is 2.04. The summed E-state index contributed by atoms with van der Waals surface area (Å²) in [5.74, 6) is 0.851. The van der Waals surface area contributed by atoms with Crippen LogP contribution in [0.4, 0.5) is 4.79 Å². The maximum absolute atomic E-state index is 11.9. The molecule has 1 heterocycles. The van der Waals surface area contributed by atoms with Gasteiger partial charge < -0.3 is 19.9 Å². The molecule has 1 aromatic rings. The van der Waals surface area contributed by atoms with Crippen LogP contribution >= 0.6 is 0 Å². The van der Waals surface area contributed by atoms with E-state index in [1.165, 1.54) is 0 Å². The predicted molar refractivity (Wildman–Crippen MR) is 79.0 cm³/mol. The van der Waals surface area contributed by atoms with Gasteiger partial charge in [0.25, 0.3) is 0 Å². The minimum atomic E-state index is 0.0259. The molecule has 0 aliphatic carbocycles. The molecule has 2 amide bonds. The zero-order valence-electron chi connectivity index (χ0n) is 12.4. The van der Waals surface area contributed by atoms with Crippen molar-refractivity contribution in [1.82, 2.24) is 15.1 Å². The third-order valence-electron chi connectivity index (χ3n) is 3.71. The van der Waals surface area contributed by atoms with Gasteiger partial charge in [0.1, 0.15) is 5.75 Å². The van der Waals surface area contributed by atoms with Crippen molar-refractivity contribution in [2.75, 3.05) is 40.8 Å². The number of urea groups is 1.